The van der Waals surface area contributed by atoms with E-state index in [0.29, 0.717) is 11.1 Å². The zero-order valence-electron chi connectivity index (χ0n) is 12.8. The van der Waals surface area contributed by atoms with Crippen LogP contribution >= 0.6 is 0 Å². The van der Waals surface area contributed by atoms with Gasteiger partial charge in [0.25, 0.3) is 5.91 Å². The molecule has 1 aromatic heterocycles. The molecule has 0 saturated heterocycles. The first-order chi connectivity index (χ1) is 10.1. The van der Waals surface area contributed by atoms with Crippen LogP contribution in [-0.2, 0) is 15.9 Å². The van der Waals surface area contributed by atoms with Crippen LogP contribution in [0.3, 0.4) is 0 Å². The van der Waals surface area contributed by atoms with Crippen LogP contribution in [0.25, 0.3) is 11.0 Å². The molecule has 0 spiro atoms. The van der Waals surface area contributed by atoms with Crippen molar-refractivity contribution in [3.63, 3.8) is 0 Å². The van der Waals surface area contributed by atoms with Gasteiger partial charge in [0.2, 0.25) is 0 Å². The van der Waals surface area contributed by atoms with Crippen LogP contribution in [0.4, 0.5) is 0 Å². The van der Waals surface area contributed by atoms with Gasteiger partial charge in [0, 0.05) is 19.6 Å². The molecule has 5 nitrogen and oxygen atoms in total. The van der Waals surface area contributed by atoms with E-state index in [1.807, 2.05) is 25.1 Å². The lowest BCUT2D eigenvalue weighted by molar-refractivity contribution is -0.117. The van der Waals surface area contributed by atoms with Gasteiger partial charge in [-0.1, -0.05) is 13.0 Å². The first-order valence-electron chi connectivity index (χ1n) is 6.97. The molecule has 21 heavy (non-hydrogen) atoms. The van der Waals surface area contributed by atoms with E-state index in [1.165, 1.54) is 20.5 Å². The van der Waals surface area contributed by atoms with Gasteiger partial charge in [-0.15, -0.1) is 0 Å². The quantitative estimate of drug-likeness (QED) is 0.831. The summed E-state index contributed by atoms with van der Waals surface area (Å²) in [4.78, 5) is 12.4. The molecule has 0 aliphatic heterocycles. The summed E-state index contributed by atoms with van der Waals surface area (Å²) in [5.41, 5.74) is 2.40. The van der Waals surface area contributed by atoms with Crippen molar-refractivity contribution in [3.8, 4) is 0 Å². The number of rotatable bonds is 6. The highest BCUT2D eigenvalue weighted by molar-refractivity contribution is 6.06. The molecule has 1 amide bonds. The van der Waals surface area contributed by atoms with Crippen LogP contribution in [0.5, 0.6) is 0 Å². The number of furan rings is 1. The van der Waals surface area contributed by atoms with Gasteiger partial charge < -0.3 is 19.2 Å². The van der Waals surface area contributed by atoms with Crippen LogP contribution in [0, 0.1) is 0 Å². The predicted octanol–water partition coefficient (Wildman–Crippen LogP) is 2.73. The predicted molar refractivity (Wildman–Crippen MR) is 80.3 cm³/mol. The Kier molecular flexibility index (Phi) is 4.98. The normalized spacial score (nSPS) is 12.8. The lowest BCUT2D eigenvalue weighted by Crippen LogP contribution is -2.42. The number of methoxy groups -OCH3 is 2. The van der Waals surface area contributed by atoms with E-state index in [4.69, 9.17) is 13.9 Å². The first-order valence-corrected chi connectivity index (χ1v) is 6.97. The molecular weight excluding hydrogens is 270 g/mol. The molecule has 1 aromatic carbocycles. The van der Waals surface area contributed by atoms with Crippen LogP contribution in [0.2, 0.25) is 0 Å². The average Bonchev–Trinajstić information content (AvgIpc) is 2.91. The Morgan fingerprint density at radius 3 is 2.67 bits per heavy atom. The number of aryl methyl sites for hydroxylation is 1. The number of nitrogens with one attached hydrogen (secondary N) is 1. The van der Waals surface area contributed by atoms with Gasteiger partial charge in [0.1, 0.15) is 11.8 Å². The first kappa shape index (κ1) is 15.5. The molecule has 0 radical (unpaired) electrons. The van der Waals surface area contributed by atoms with Gasteiger partial charge in [-0.05, 0) is 31.0 Å². The molecule has 1 heterocycles. The highest BCUT2D eigenvalue weighted by Crippen LogP contribution is 2.23. The smallest absolute Gasteiger partial charge is 0.255 e. The number of hydrogen-bond acceptors (Lipinski definition) is 4. The maximum atomic E-state index is 12.4. The van der Waals surface area contributed by atoms with Crippen molar-refractivity contribution < 1.29 is 18.7 Å². The molecular formula is C16H21NO4. The molecule has 0 bridgehead atoms. The number of carbonyl (C=O) groups excluding carboxylic acids is 1. The third kappa shape index (κ3) is 3.25. The second-order valence-corrected chi connectivity index (χ2v) is 4.94. The second-order valence-electron chi connectivity index (χ2n) is 4.94. The minimum Gasteiger partial charge on any atom is -0.463 e. The summed E-state index contributed by atoms with van der Waals surface area (Å²) in [5.74, 6) is -0.200. The Balaban J connectivity index is 2.23. The van der Waals surface area contributed by atoms with Crippen LogP contribution < -0.4 is 5.32 Å². The lowest BCUT2D eigenvalue weighted by Gasteiger charge is -2.21. The summed E-state index contributed by atoms with van der Waals surface area (Å²) in [5, 5.41) is 3.69. The minimum absolute atomic E-state index is 0.200. The average molecular weight is 291 g/mol. The van der Waals surface area contributed by atoms with Gasteiger partial charge in [-0.25, -0.2) is 0 Å². The molecule has 1 N–H and O–H groups in total. The number of ether oxygens (including phenoxy) is 2. The third-order valence-electron chi connectivity index (χ3n) is 3.52. The summed E-state index contributed by atoms with van der Waals surface area (Å²) >= 11 is 0. The van der Waals surface area contributed by atoms with Crippen molar-refractivity contribution in [2.45, 2.75) is 32.6 Å². The van der Waals surface area contributed by atoms with E-state index in [2.05, 4.69) is 12.2 Å². The number of benzene rings is 1. The zero-order chi connectivity index (χ0) is 15.4. The lowest BCUT2D eigenvalue weighted by atomic mass is 10.1. The standard InChI is InChI=1S/C16H21NO4/c1-5-11-6-7-14-12(8-11)13(9-21-14)15(18)17-10(2)16(19-3)20-4/h6-10,16H,5H2,1-4H3,(H,17,18)/t10-/m1/s1. The fourth-order valence-electron chi connectivity index (χ4n) is 2.33. The van der Waals surface area contributed by atoms with E-state index in [0.717, 1.165) is 17.4 Å². The Bertz CT molecular complexity index is 616. The van der Waals surface area contributed by atoms with Crippen molar-refractivity contribution in [3.05, 3.63) is 35.6 Å². The largest absolute Gasteiger partial charge is 0.463 e. The monoisotopic (exact) mass is 291 g/mol. The van der Waals surface area contributed by atoms with Gasteiger partial charge in [0.15, 0.2) is 6.29 Å². The summed E-state index contributed by atoms with van der Waals surface area (Å²) < 4.78 is 15.7. The molecule has 0 aliphatic rings. The molecule has 0 aliphatic carbocycles. The Labute approximate surface area is 124 Å². The molecule has 114 valence electrons. The third-order valence-corrected chi connectivity index (χ3v) is 3.52. The molecule has 0 fully saturated rings. The van der Waals surface area contributed by atoms with Gasteiger partial charge >= 0.3 is 0 Å². The summed E-state index contributed by atoms with van der Waals surface area (Å²) in [6, 6.07) is 5.61. The van der Waals surface area contributed by atoms with Crippen LogP contribution in [-0.4, -0.2) is 32.5 Å². The van der Waals surface area contributed by atoms with Crippen molar-refractivity contribution in [2.24, 2.45) is 0 Å². The topological polar surface area (TPSA) is 60.7 Å². The van der Waals surface area contributed by atoms with E-state index in [1.54, 1.807) is 0 Å². The minimum atomic E-state index is -0.488. The molecule has 2 rings (SSSR count). The summed E-state index contributed by atoms with van der Waals surface area (Å²) in [6.07, 6.45) is 1.91. The Hall–Kier alpha value is -1.85. The maximum Gasteiger partial charge on any atom is 0.255 e. The van der Waals surface area contributed by atoms with Crippen LogP contribution in [0.1, 0.15) is 29.8 Å². The zero-order valence-corrected chi connectivity index (χ0v) is 12.8. The fourth-order valence-corrected chi connectivity index (χ4v) is 2.33. The summed E-state index contributed by atoms with van der Waals surface area (Å²) in [6.45, 7) is 3.90. The fraction of sp³-hybridized carbons (Fsp3) is 0.438. The van der Waals surface area contributed by atoms with Crippen LogP contribution in [0.15, 0.2) is 28.9 Å². The van der Waals surface area contributed by atoms with E-state index < -0.39 is 6.29 Å². The number of carbonyl (C=O) groups is 1. The molecule has 0 saturated carbocycles. The van der Waals surface area contributed by atoms with E-state index in [9.17, 15) is 4.79 Å². The number of fused-ring (bicyclic) bond motifs is 1. The van der Waals surface area contributed by atoms with Crippen molar-refractivity contribution in [1.82, 2.24) is 5.32 Å². The molecule has 5 heteroatoms. The molecule has 2 aromatic rings. The van der Waals surface area contributed by atoms with Gasteiger partial charge in [-0.3, -0.25) is 4.79 Å². The van der Waals surface area contributed by atoms with E-state index >= 15 is 0 Å². The SMILES string of the molecule is CCc1ccc2occ(C(=O)N[C@H](C)C(OC)OC)c2c1. The van der Waals surface area contributed by atoms with Crippen molar-refractivity contribution in [2.75, 3.05) is 14.2 Å². The molecule has 0 unspecified atom stereocenters. The summed E-state index contributed by atoms with van der Waals surface area (Å²) in [7, 11) is 3.08. The molecule has 1 atom stereocenters. The highest BCUT2D eigenvalue weighted by Gasteiger charge is 2.21. The van der Waals surface area contributed by atoms with Gasteiger partial charge in [0.05, 0.1) is 11.6 Å². The number of amides is 1. The highest BCUT2D eigenvalue weighted by atomic mass is 16.7. The van der Waals surface area contributed by atoms with Gasteiger partial charge in [-0.2, -0.15) is 0 Å². The second kappa shape index (κ2) is 6.74. The number of hydrogen-bond donors (Lipinski definition) is 1. The van der Waals surface area contributed by atoms with Crippen molar-refractivity contribution >= 4 is 16.9 Å². The Morgan fingerprint density at radius 2 is 2.05 bits per heavy atom. The Morgan fingerprint density at radius 1 is 1.33 bits per heavy atom. The van der Waals surface area contributed by atoms with E-state index in [-0.39, 0.29) is 11.9 Å². The van der Waals surface area contributed by atoms with Crippen molar-refractivity contribution in [1.29, 1.82) is 0 Å². The maximum absolute atomic E-state index is 12.4.